The highest BCUT2D eigenvalue weighted by Crippen LogP contribution is 2.66. The predicted molar refractivity (Wildman–Crippen MR) is 381 cm³/mol. The second-order valence-corrected chi connectivity index (χ2v) is 32.4. The fourth-order valence-corrected chi connectivity index (χ4v) is 23.1. The average molecular weight is 1360 g/mol. The number of rotatable bonds is 9. The molecule has 11 bridgehead atoms. The zero-order valence-corrected chi connectivity index (χ0v) is 57.5. The topological polar surface area (TPSA) is 226 Å². The number of hydrogen-bond acceptors (Lipinski definition) is 17. The van der Waals surface area contributed by atoms with Gasteiger partial charge in [0, 0.05) is 119 Å². The average Bonchev–Trinajstić information content (AvgIpc) is 1.47. The Morgan fingerprint density at radius 3 is 2.62 bits per heavy atom. The van der Waals surface area contributed by atoms with Gasteiger partial charge in [0.2, 0.25) is 0 Å². The van der Waals surface area contributed by atoms with E-state index < -0.39 is 65.8 Å². The van der Waals surface area contributed by atoms with Gasteiger partial charge in [0.05, 0.1) is 41.8 Å². The number of nitrogens with one attached hydrogen (secondary N) is 3. The smallest absolute Gasteiger partial charge is 0.302 e. The Balaban J connectivity index is 1.04. The molecule has 10 N–H and O–H groups in total. The molecule has 5 aliphatic carbocycles. The van der Waals surface area contributed by atoms with Crippen molar-refractivity contribution < 1.29 is 54.0 Å². The molecule has 5 aromatic rings. The molecule has 0 amide bonds. The van der Waals surface area contributed by atoms with Gasteiger partial charge in [0.1, 0.15) is 42.0 Å². The third-order valence-corrected chi connectivity index (χ3v) is 27.1. The number of phenolic OH excluding ortho intramolecular Hbond substituents is 2. The summed E-state index contributed by atoms with van der Waals surface area (Å²) in [5.41, 5.74) is 17.3. The monoisotopic (exact) mass is 1360 g/mol. The first-order valence-corrected chi connectivity index (χ1v) is 38.2. The van der Waals surface area contributed by atoms with E-state index in [-0.39, 0.29) is 72.3 Å². The number of allylic oxidation sites excluding steroid dienone is 3. The van der Waals surface area contributed by atoms with Gasteiger partial charge < -0.3 is 70.9 Å². The number of methoxy groups -OCH3 is 1. The molecule has 0 radical (unpaired) electrons. The Morgan fingerprint density at radius 2 is 1.79 bits per heavy atom. The van der Waals surface area contributed by atoms with E-state index in [2.05, 4.69) is 125 Å². The lowest BCUT2D eigenvalue weighted by atomic mass is 9.54. The minimum atomic E-state index is -0.956. The van der Waals surface area contributed by atoms with E-state index in [4.69, 9.17) is 29.4 Å². The number of hydrogen-bond donors (Lipinski definition) is 9. The van der Waals surface area contributed by atoms with Gasteiger partial charge in [-0.1, -0.05) is 144 Å². The summed E-state index contributed by atoms with van der Waals surface area (Å²) in [6.07, 6.45) is 17.2. The number of ether oxygens (including phenoxy) is 5. The molecule has 0 aromatic heterocycles. The number of carbonyl (C=O) groups is 1. The minimum absolute atomic E-state index is 0.0281. The van der Waals surface area contributed by atoms with Crippen LogP contribution < -0.4 is 35.9 Å². The largest absolute Gasteiger partial charge is 0.508 e. The van der Waals surface area contributed by atoms with Crippen LogP contribution in [0.2, 0.25) is 0 Å². The highest BCUT2D eigenvalue weighted by Gasteiger charge is 2.59. The molecule has 17 unspecified atom stereocenters. The molecular formula is C81H90N4O11S2. The van der Waals surface area contributed by atoms with Crippen molar-refractivity contribution in [2.24, 2.45) is 41.2 Å². The van der Waals surface area contributed by atoms with Crippen LogP contribution in [0.1, 0.15) is 151 Å². The number of aromatic hydroxyl groups is 2. The van der Waals surface area contributed by atoms with Crippen molar-refractivity contribution in [1.29, 1.82) is 0 Å². The highest BCUT2D eigenvalue weighted by molar-refractivity contribution is 8.77. The number of fused-ring (bicyclic) bond motifs is 16. The maximum atomic E-state index is 14.1. The van der Waals surface area contributed by atoms with Gasteiger partial charge in [-0.3, -0.25) is 4.79 Å². The molecule has 11 aliphatic rings. The molecule has 6 heterocycles. The van der Waals surface area contributed by atoms with Gasteiger partial charge in [-0.25, -0.2) is 0 Å². The van der Waals surface area contributed by atoms with Crippen LogP contribution in [0.3, 0.4) is 0 Å². The van der Waals surface area contributed by atoms with Gasteiger partial charge in [0.15, 0.2) is 18.3 Å². The number of aliphatic hydroxyl groups excluding tert-OH is 3. The molecule has 4 fully saturated rings. The fraction of sp³-hybridized carbons (Fsp3) is 0.494. The summed E-state index contributed by atoms with van der Waals surface area (Å²) in [7, 11) is 5.52. The number of esters is 1. The summed E-state index contributed by atoms with van der Waals surface area (Å²) >= 11 is 0. The number of nitrogens with two attached hydrogens (primary N) is 1. The van der Waals surface area contributed by atoms with Crippen molar-refractivity contribution in [3.63, 3.8) is 0 Å². The predicted octanol–water partition coefficient (Wildman–Crippen LogP) is 11.2. The lowest BCUT2D eigenvalue weighted by Gasteiger charge is -2.51. The number of dihydropyridines is 1. The van der Waals surface area contributed by atoms with Crippen molar-refractivity contribution in [1.82, 2.24) is 16.0 Å². The summed E-state index contributed by atoms with van der Waals surface area (Å²) in [5.74, 6) is 15.0. The first-order chi connectivity index (χ1) is 47.8. The van der Waals surface area contributed by atoms with Crippen LogP contribution >= 0.6 is 21.6 Å². The molecule has 17 atom stereocenters. The summed E-state index contributed by atoms with van der Waals surface area (Å²) in [5, 5.41) is 73.2. The molecule has 98 heavy (non-hydrogen) atoms. The molecule has 16 rings (SSSR count). The van der Waals surface area contributed by atoms with Gasteiger partial charge in [0.25, 0.3) is 0 Å². The van der Waals surface area contributed by atoms with E-state index in [9.17, 15) is 30.3 Å². The number of phenols is 2. The first kappa shape index (κ1) is 65.7. The normalized spacial score (nSPS) is 33.1. The molecule has 6 aliphatic heterocycles. The quantitative estimate of drug-likeness (QED) is 0.0289. The van der Waals surface area contributed by atoms with Gasteiger partial charge in [-0.15, -0.1) is 0 Å². The molecule has 3 saturated carbocycles. The van der Waals surface area contributed by atoms with Crippen molar-refractivity contribution in [2.45, 2.75) is 168 Å². The Kier molecular flexibility index (Phi) is 18.3. The lowest BCUT2D eigenvalue weighted by molar-refractivity contribution is -0.141. The van der Waals surface area contributed by atoms with Gasteiger partial charge in [-0.2, -0.15) is 0 Å². The van der Waals surface area contributed by atoms with E-state index >= 15 is 0 Å². The highest BCUT2D eigenvalue weighted by atomic mass is 33.1. The minimum Gasteiger partial charge on any atom is -0.508 e. The van der Waals surface area contributed by atoms with Crippen molar-refractivity contribution >= 4 is 33.6 Å². The molecule has 512 valence electrons. The Bertz CT molecular complexity index is 4150. The van der Waals surface area contributed by atoms with Crippen LogP contribution in [-0.4, -0.2) is 113 Å². The van der Waals surface area contributed by atoms with E-state index in [1.807, 2.05) is 33.7 Å². The van der Waals surface area contributed by atoms with Crippen LogP contribution in [0.25, 0.3) is 17.2 Å². The lowest BCUT2D eigenvalue weighted by Crippen LogP contribution is -2.52. The van der Waals surface area contributed by atoms with Crippen molar-refractivity contribution in [3.05, 3.63) is 164 Å². The first-order valence-electron chi connectivity index (χ1n) is 35.8. The summed E-state index contributed by atoms with van der Waals surface area (Å²) in [6, 6.07) is 27.1. The fourth-order valence-electron chi connectivity index (χ4n) is 19.9. The second-order valence-electron chi connectivity index (χ2n) is 29.8. The van der Waals surface area contributed by atoms with Crippen LogP contribution in [-0.2, 0) is 50.9 Å². The van der Waals surface area contributed by atoms with Gasteiger partial charge in [-0.05, 0) is 139 Å². The van der Waals surface area contributed by atoms with Gasteiger partial charge >= 0.3 is 5.97 Å². The zero-order chi connectivity index (χ0) is 67.0. The summed E-state index contributed by atoms with van der Waals surface area (Å²) < 4.78 is 34.7. The SMILES string of the molecule is COCC1C2C#CC3C#CC4=C(C=CC(N)N4)C(C4CCC5(Cc6cc(O)cc(OCO)c6-c6ccc7c(c65)OC(c5c6c(c(O)c(c53)CNCC1CO)OC1C(C=C6)NC3CCCC(CSSC1Cc1ccccc1)C3)C7COC(C)=O)C4)C1(CCCCC1O)c1cccc(c1)C2. The Morgan fingerprint density at radius 1 is 0.898 bits per heavy atom. The second kappa shape index (κ2) is 27.2. The Hall–Kier alpha value is -6.87. The number of carbonyl (C=O) groups excluding carboxylic acids is 1. The molecule has 2 spiro atoms. The number of benzene rings is 5. The van der Waals surface area contributed by atoms with Crippen molar-refractivity contribution in [3.8, 4) is 63.6 Å². The van der Waals surface area contributed by atoms with Crippen LogP contribution in [0, 0.1) is 59.2 Å². The maximum absolute atomic E-state index is 14.1. The Labute approximate surface area is 582 Å². The maximum Gasteiger partial charge on any atom is 0.302 e. The van der Waals surface area contributed by atoms with Crippen LogP contribution in [0.5, 0.6) is 28.7 Å². The van der Waals surface area contributed by atoms with E-state index in [1.54, 1.807) is 13.2 Å². The molecule has 1 saturated heterocycles. The summed E-state index contributed by atoms with van der Waals surface area (Å²) in [6.45, 7) is 1.36. The van der Waals surface area contributed by atoms with Crippen molar-refractivity contribution in [2.75, 3.05) is 46.0 Å². The summed E-state index contributed by atoms with van der Waals surface area (Å²) in [4.78, 5) is 13.6. The third kappa shape index (κ3) is 11.7. The van der Waals surface area contributed by atoms with E-state index in [1.165, 1.54) is 18.9 Å². The van der Waals surface area contributed by atoms with E-state index in [0.717, 1.165) is 88.8 Å². The van der Waals surface area contributed by atoms with E-state index in [0.29, 0.717) is 109 Å². The standard InChI is InChI=1S/C81H90N4O11S2/c1-45(88)93-42-63-57-20-21-59-70-52(34-56(89)35-66(70)94-44-87)37-80-29-27-51(36-80)73-58-23-26-69(82)85-64(58)24-19-49-17-18-50(30-47-12-8-14-54(31-47)81(73)28-7-6-16-68(81)90)62(41-92-2)53(40-86)38-83-39-61-71(49)72(76(63)95-77(57)74(59)80)60-22-25-65-79(96-78(60)75(61)91)67(33-46-10-4-3-5-11-46)98-97-43-48-13-9-15-55(32-48)84-65/h3-5,8,10-12,14,20-23,25-26,31,34-35,48-51,53,55,62-63,65,67-69,73,76,79,83-87,89-91H,6-7,9,13,15-16,27-30,32-33,36-44,82H2,1-2H3. The molecule has 5 aromatic carbocycles. The molecule has 17 heteroatoms. The molecule has 15 nitrogen and oxygen atoms in total. The van der Waals surface area contributed by atoms with Crippen LogP contribution in [0.15, 0.2) is 108 Å². The number of aliphatic hydroxyl groups is 3. The third-order valence-electron chi connectivity index (χ3n) is 24.1. The van der Waals surface area contributed by atoms with Crippen LogP contribution in [0.4, 0.5) is 0 Å². The zero-order valence-electron chi connectivity index (χ0n) is 55.9. The molecular weight excluding hydrogens is 1270 g/mol.